The Kier molecular flexibility index (Phi) is 2.57. The number of aliphatic carboxylic acids is 1. The third-order valence-electron chi connectivity index (χ3n) is 2.42. The van der Waals surface area contributed by atoms with Gasteiger partial charge in [0, 0.05) is 12.2 Å². The van der Waals surface area contributed by atoms with E-state index in [1.807, 2.05) is 6.92 Å². The van der Waals surface area contributed by atoms with Crippen LogP contribution in [0, 0.1) is 6.92 Å². The first-order valence-corrected chi connectivity index (χ1v) is 4.86. The van der Waals surface area contributed by atoms with Gasteiger partial charge in [-0.25, -0.2) is 0 Å². The number of aryl methyl sites for hydroxylation is 1. The van der Waals surface area contributed by atoms with Crippen LogP contribution in [0.1, 0.15) is 23.9 Å². The minimum atomic E-state index is -0.909. The highest BCUT2D eigenvalue weighted by Gasteiger charge is 2.12. The number of carboxylic acids is 1. The van der Waals surface area contributed by atoms with Crippen LogP contribution in [0.5, 0.6) is 0 Å². The van der Waals surface area contributed by atoms with Crippen molar-refractivity contribution in [2.45, 2.75) is 19.4 Å². The molecule has 3 N–H and O–H groups in total. The molecule has 2 aromatic rings. The summed E-state index contributed by atoms with van der Waals surface area (Å²) in [4.78, 5) is 10.6. The summed E-state index contributed by atoms with van der Waals surface area (Å²) < 4.78 is 1.79. The molecule has 1 unspecified atom stereocenters. The highest BCUT2D eigenvalue weighted by Crippen LogP contribution is 2.15. The van der Waals surface area contributed by atoms with E-state index in [0.29, 0.717) is 0 Å². The number of hydrogen-bond acceptors (Lipinski definition) is 4. The van der Waals surface area contributed by atoms with E-state index in [4.69, 9.17) is 10.8 Å². The number of hydrogen-bond donors (Lipinski definition) is 2. The summed E-state index contributed by atoms with van der Waals surface area (Å²) in [7, 11) is 0. The standard InChI is InChI=1S/C10H12N4O2/c1-6-12-13-9-3-2-7(5-14(6)9)8(11)4-10(15)16/h2-3,5,8H,4,11H2,1H3,(H,15,16). The molecule has 2 aromatic heterocycles. The van der Waals surface area contributed by atoms with E-state index in [-0.39, 0.29) is 6.42 Å². The first-order valence-electron chi connectivity index (χ1n) is 4.86. The van der Waals surface area contributed by atoms with Gasteiger partial charge in [-0.2, -0.15) is 0 Å². The number of aromatic nitrogens is 3. The number of nitrogens with two attached hydrogens (primary N) is 1. The Balaban J connectivity index is 2.38. The fraction of sp³-hybridized carbons (Fsp3) is 0.300. The van der Waals surface area contributed by atoms with Crippen LogP contribution in [0.4, 0.5) is 0 Å². The maximum atomic E-state index is 10.6. The van der Waals surface area contributed by atoms with Gasteiger partial charge < -0.3 is 10.8 Å². The predicted octanol–water partition coefficient (Wildman–Crippen LogP) is 0.512. The summed E-state index contributed by atoms with van der Waals surface area (Å²) >= 11 is 0. The molecule has 2 rings (SSSR count). The zero-order valence-electron chi connectivity index (χ0n) is 8.79. The maximum absolute atomic E-state index is 10.6. The van der Waals surface area contributed by atoms with Crippen molar-refractivity contribution in [1.29, 1.82) is 0 Å². The largest absolute Gasteiger partial charge is 0.481 e. The lowest BCUT2D eigenvalue weighted by atomic mass is 10.1. The molecule has 84 valence electrons. The number of pyridine rings is 1. The van der Waals surface area contributed by atoms with Crippen LogP contribution >= 0.6 is 0 Å². The van der Waals surface area contributed by atoms with Gasteiger partial charge in [-0.15, -0.1) is 10.2 Å². The van der Waals surface area contributed by atoms with E-state index in [1.54, 1.807) is 22.7 Å². The number of fused-ring (bicyclic) bond motifs is 1. The van der Waals surface area contributed by atoms with Crippen molar-refractivity contribution in [2.24, 2.45) is 5.73 Å². The Labute approximate surface area is 91.7 Å². The molecule has 0 fully saturated rings. The number of carbonyl (C=O) groups is 1. The molecular formula is C10H12N4O2. The molecular weight excluding hydrogens is 208 g/mol. The Morgan fingerprint density at radius 1 is 1.56 bits per heavy atom. The van der Waals surface area contributed by atoms with E-state index < -0.39 is 12.0 Å². The second kappa shape index (κ2) is 3.90. The normalized spacial score (nSPS) is 12.9. The molecule has 16 heavy (non-hydrogen) atoms. The van der Waals surface area contributed by atoms with Crippen molar-refractivity contribution in [3.05, 3.63) is 29.7 Å². The Hall–Kier alpha value is -1.95. The van der Waals surface area contributed by atoms with Crippen LogP contribution in [0.25, 0.3) is 5.65 Å². The molecule has 0 aliphatic carbocycles. The zero-order valence-corrected chi connectivity index (χ0v) is 8.79. The van der Waals surface area contributed by atoms with Crippen LogP contribution < -0.4 is 5.73 Å². The zero-order chi connectivity index (χ0) is 11.7. The quantitative estimate of drug-likeness (QED) is 0.786. The highest BCUT2D eigenvalue weighted by atomic mass is 16.4. The number of nitrogens with zero attached hydrogens (tertiary/aromatic N) is 3. The topological polar surface area (TPSA) is 93.5 Å². The fourth-order valence-corrected chi connectivity index (χ4v) is 1.55. The van der Waals surface area contributed by atoms with Gasteiger partial charge >= 0.3 is 5.97 Å². The summed E-state index contributed by atoms with van der Waals surface area (Å²) in [6, 6.07) is 3.04. The minimum Gasteiger partial charge on any atom is -0.481 e. The Bertz CT molecular complexity index is 535. The van der Waals surface area contributed by atoms with Crippen molar-refractivity contribution in [2.75, 3.05) is 0 Å². The van der Waals surface area contributed by atoms with Gasteiger partial charge in [0.1, 0.15) is 5.82 Å². The monoisotopic (exact) mass is 220 g/mol. The van der Waals surface area contributed by atoms with Gasteiger partial charge in [-0.05, 0) is 18.6 Å². The van der Waals surface area contributed by atoms with Gasteiger partial charge in [0.2, 0.25) is 0 Å². The van der Waals surface area contributed by atoms with E-state index in [2.05, 4.69) is 10.2 Å². The lowest BCUT2D eigenvalue weighted by Gasteiger charge is -2.09. The molecule has 6 heteroatoms. The number of rotatable bonds is 3. The summed E-state index contributed by atoms with van der Waals surface area (Å²) in [6.45, 7) is 1.83. The smallest absolute Gasteiger partial charge is 0.305 e. The second-order valence-corrected chi connectivity index (χ2v) is 3.64. The SMILES string of the molecule is Cc1nnc2ccc(C(N)CC(=O)O)cn12. The molecule has 0 saturated heterocycles. The molecule has 0 amide bonds. The van der Waals surface area contributed by atoms with Crippen molar-refractivity contribution < 1.29 is 9.90 Å². The summed E-state index contributed by atoms with van der Waals surface area (Å²) in [5.41, 5.74) is 7.26. The third-order valence-corrected chi connectivity index (χ3v) is 2.42. The van der Waals surface area contributed by atoms with Crippen LogP contribution in [-0.4, -0.2) is 25.7 Å². The molecule has 2 heterocycles. The maximum Gasteiger partial charge on any atom is 0.305 e. The van der Waals surface area contributed by atoms with Gasteiger partial charge in [-0.1, -0.05) is 6.07 Å². The summed E-state index contributed by atoms with van der Waals surface area (Å²) in [6.07, 6.45) is 1.69. The molecule has 0 aromatic carbocycles. The van der Waals surface area contributed by atoms with Crippen LogP contribution in [0.15, 0.2) is 18.3 Å². The molecule has 0 spiro atoms. The lowest BCUT2D eigenvalue weighted by Crippen LogP contribution is -2.15. The average Bonchev–Trinajstić information content (AvgIpc) is 2.59. The van der Waals surface area contributed by atoms with Crippen molar-refractivity contribution in [1.82, 2.24) is 14.6 Å². The number of carboxylic acid groups (broad SMARTS) is 1. The van der Waals surface area contributed by atoms with Gasteiger partial charge in [-0.3, -0.25) is 9.20 Å². The molecule has 0 aliphatic heterocycles. The molecule has 6 nitrogen and oxygen atoms in total. The molecule has 0 aliphatic rings. The van der Waals surface area contributed by atoms with Crippen LogP contribution in [-0.2, 0) is 4.79 Å². The van der Waals surface area contributed by atoms with Gasteiger partial charge in [0.15, 0.2) is 5.65 Å². The first kappa shape index (κ1) is 10.6. The average molecular weight is 220 g/mol. The van der Waals surface area contributed by atoms with Crippen molar-refractivity contribution >= 4 is 11.6 Å². The van der Waals surface area contributed by atoms with E-state index in [1.165, 1.54) is 0 Å². The molecule has 0 saturated carbocycles. The van der Waals surface area contributed by atoms with Crippen molar-refractivity contribution in [3.8, 4) is 0 Å². The minimum absolute atomic E-state index is 0.0906. The van der Waals surface area contributed by atoms with Gasteiger partial charge in [0.25, 0.3) is 0 Å². The Morgan fingerprint density at radius 2 is 2.31 bits per heavy atom. The highest BCUT2D eigenvalue weighted by molar-refractivity contribution is 5.67. The van der Waals surface area contributed by atoms with Crippen molar-refractivity contribution in [3.63, 3.8) is 0 Å². The summed E-state index contributed by atoms with van der Waals surface area (Å²) in [5, 5.41) is 16.5. The lowest BCUT2D eigenvalue weighted by molar-refractivity contribution is -0.137. The summed E-state index contributed by atoms with van der Waals surface area (Å²) in [5.74, 6) is -0.160. The molecule has 1 atom stereocenters. The molecule has 0 bridgehead atoms. The second-order valence-electron chi connectivity index (χ2n) is 3.64. The van der Waals surface area contributed by atoms with Crippen LogP contribution in [0.3, 0.4) is 0 Å². The first-order chi connectivity index (χ1) is 7.58. The van der Waals surface area contributed by atoms with Gasteiger partial charge in [0.05, 0.1) is 6.42 Å². The van der Waals surface area contributed by atoms with E-state index in [0.717, 1.165) is 17.0 Å². The molecule has 0 radical (unpaired) electrons. The predicted molar refractivity (Wildman–Crippen MR) is 56.9 cm³/mol. The van der Waals surface area contributed by atoms with E-state index in [9.17, 15) is 4.79 Å². The Morgan fingerprint density at radius 3 is 3.00 bits per heavy atom. The van der Waals surface area contributed by atoms with E-state index >= 15 is 0 Å². The van der Waals surface area contributed by atoms with Crippen LogP contribution in [0.2, 0.25) is 0 Å². The third kappa shape index (κ3) is 1.87. The fourth-order valence-electron chi connectivity index (χ4n) is 1.55.